The number of benzene rings is 3. The molecule has 0 spiro atoms. The summed E-state index contributed by atoms with van der Waals surface area (Å²) in [6, 6.07) is 25.8. The minimum absolute atomic E-state index is 0. The van der Waals surface area contributed by atoms with Crippen LogP contribution in [0.2, 0.25) is 0 Å². The van der Waals surface area contributed by atoms with Crippen LogP contribution in [0.4, 0.5) is 5.69 Å². The molecule has 0 saturated heterocycles. The standard InChI is InChI=1S/C22H19N3O2S2.ClH/c1-17-12-14-18(15-13-17)21-24-22(23-19-8-4-2-5-9-19)28-25(21)16-29(26,27)20-10-6-3-7-11-20;/h2-15H,16H2,1H3;1H. The average molecular weight is 458 g/mol. The van der Waals surface area contributed by atoms with Crippen molar-refractivity contribution in [3.8, 4) is 11.4 Å². The van der Waals surface area contributed by atoms with Gasteiger partial charge >= 0.3 is 0 Å². The van der Waals surface area contributed by atoms with E-state index in [4.69, 9.17) is 0 Å². The highest BCUT2D eigenvalue weighted by atomic mass is 35.5. The molecule has 0 saturated carbocycles. The second-order valence-corrected chi connectivity index (χ2v) is 9.51. The summed E-state index contributed by atoms with van der Waals surface area (Å²) in [4.78, 5) is 9.99. The van der Waals surface area contributed by atoms with Crippen LogP contribution in [0.5, 0.6) is 0 Å². The number of nitrogens with zero attached hydrogens (tertiary/aromatic N) is 3. The molecule has 154 valence electrons. The van der Waals surface area contributed by atoms with Gasteiger partial charge in [-0.05, 0) is 42.7 Å². The SMILES string of the molecule is Cc1ccc(-c2nc(=Nc3ccccc3)sn2CS(=O)(=O)c2ccccc2)cc1.Cl. The van der Waals surface area contributed by atoms with E-state index in [2.05, 4.69) is 9.98 Å². The summed E-state index contributed by atoms with van der Waals surface area (Å²) in [5.41, 5.74) is 2.75. The summed E-state index contributed by atoms with van der Waals surface area (Å²) in [5.74, 6) is 0.395. The van der Waals surface area contributed by atoms with E-state index in [0.29, 0.717) is 10.6 Å². The molecule has 0 bridgehead atoms. The summed E-state index contributed by atoms with van der Waals surface area (Å²) in [7, 11) is -3.52. The van der Waals surface area contributed by atoms with Crippen molar-refractivity contribution in [2.45, 2.75) is 17.7 Å². The lowest BCUT2D eigenvalue weighted by Gasteiger charge is -2.08. The predicted molar refractivity (Wildman–Crippen MR) is 123 cm³/mol. The number of para-hydroxylation sites is 1. The maximum atomic E-state index is 12.9. The maximum absolute atomic E-state index is 12.9. The normalized spacial score (nSPS) is 11.8. The lowest BCUT2D eigenvalue weighted by atomic mass is 10.1. The largest absolute Gasteiger partial charge is 0.262 e. The highest BCUT2D eigenvalue weighted by Crippen LogP contribution is 2.22. The summed E-state index contributed by atoms with van der Waals surface area (Å²) >= 11 is 1.23. The van der Waals surface area contributed by atoms with E-state index < -0.39 is 9.84 Å². The highest BCUT2D eigenvalue weighted by molar-refractivity contribution is 7.90. The molecule has 30 heavy (non-hydrogen) atoms. The Hall–Kier alpha value is -2.74. The van der Waals surface area contributed by atoms with Gasteiger partial charge in [0.25, 0.3) is 0 Å². The van der Waals surface area contributed by atoms with Gasteiger partial charge in [0.05, 0.1) is 10.6 Å². The Morgan fingerprint density at radius 3 is 2.13 bits per heavy atom. The number of aryl methyl sites for hydroxylation is 1. The number of rotatable bonds is 5. The lowest BCUT2D eigenvalue weighted by Crippen LogP contribution is -2.10. The number of halogens is 1. The molecule has 5 nitrogen and oxygen atoms in total. The predicted octanol–water partition coefficient (Wildman–Crippen LogP) is 5.01. The van der Waals surface area contributed by atoms with E-state index in [1.807, 2.05) is 61.5 Å². The smallest absolute Gasteiger partial charge is 0.228 e. The molecule has 0 amide bonds. The van der Waals surface area contributed by atoms with Crippen molar-refractivity contribution in [3.63, 3.8) is 0 Å². The van der Waals surface area contributed by atoms with Crippen LogP contribution < -0.4 is 4.80 Å². The zero-order valence-electron chi connectivity index (χ0n) is 16.2. The van der Waals surface area contributed by atoms with Crippen LogP contribution in [0.15, 0.2) is 94.8 Å². The fourth-order valence-electron chi connectivity index (χ4n) is 2.82. The Kier molecular flexibility index (Phi) is 6.87. The molecule has 0 aliphatic heterocycles. The van der Waals surface area contributed by atoms with E-state index >= 15 is 0 Å². The molecule has 0 aliphatic rings. The molecule has 4 rings (SSSR count). The van der Waals surface area contributed by atoms with Crippen LogP contribution in [0, 0.1) is 6.92 Å². The van der Waals surface area contributed by atoms with Gasteiger partial charge in [-0.15, -0.1) is 12.4 Å². The number of hydrogen-bond donors (Lipinski definition) is 0. The fourth-order valence-corrected chi connectivity index (χ4v) is 5.30. The molecule has 0 unspecified atom stereocenters. The topological polar surface area (TPSA) is 64.3 Å². The zero-order valence-corrected chi connectivity index (χ0v) is 18.6. The van der Waals surface area contributed by atoms with Gasteiger partial charge < -0.3 is 0 Å². The molecular weight excluding hydrogens is 438 g/mol. The molecule has 1 heterocycles. The summed E-state index contributed by atoms with van der Waals surface area (Å²) < 4.78 is 27.6. The van der Waals surface area contributed by atoms with Crippen LogP contribution in [0.25, 0.3) is 11.4 Å². The highest BCUT2D eigenvalue weighted by Gasteiger charge is 2.19. The van der Waals surface area contributed by atoms with Crippen LogP contribution in [0.1, 0.15) is 5.56 Å². The summed E-state index contributed by atoms with van der Waals surface area (Å²) in [5, 5.41) is 0. The van der Waals surface area contributed by atoms with E-state index in [9.17, 15) is 8.42 Å². The Labute approximate surface area is 185 Å². The molecule has 8 heteroatoms. The minimum atomic E-state index is -3.52. The van der Waals surface area contributed by atoms with Gasteiger partial charge in [0.1, 0.15) is 5.88 Å². The van der Waals surface area contributed by atoms with Crippen LogP contribution in [-0.2, 0) is 15.7 Å². The van der Waals surface area contributed by atoms with Gasteiger partial charge in [-0.3, -0.25) is 3.96 Å². The first-order valence-electron chi connectivity index (χ1n) is 9.04. The zero-order chi connectivity index (χ0) is 20.3. The van der Waals surface area contributed by atoms with Gasteiger partial charge in [-0.25, -0.2) is 13.4 Å². The Bertz CT molecular complexity index is 1280. The number of sulfone groups is 1. The maximum Gasteiger partial charge on any atom is 0.228 e. The van der Waals surface area contributed by atoms with E-state index in [1.165, 1.54) is 11.5 Å². The van der Waals surface area contributed by atoms with Crippen molar-refractivity contribution in [2.75, 3.05) is 0 Å². The van der Waals surface area contributed by atoms with Gasteiger partial charge in [-0.1, -0.05) is 66.2 Å². The van der Waals surface area contributed by atoms with Crippen molar-refractivity contribution in [3.05, 3.63) is 95.3 Å². The minimum Gasteiger partial charge on any atom is -0.262 e. The van der Waals surface area contributed by atoms with Crippen molar-refractivity contribution < 1.29 is 8.42 Å². The Morgan fingerprint density at radius 1 is 0.900 bits per heavy atom. The second-order valence-electron chi connectivity index (χ2n) is 6.56. The van der Waals surface area contributed by atoms with Crippen molar-refractivity contribution in [2.24, 2.45) is 4.99 Å². The molecule has 1 aromatic heterocycles. The lowest BCUT2D eigenvalue weighted by molar-refractivity contribution is 0.587. The molecule has 0 fully saturated rings. The van der Waals surface area contributed by atoms with Crippen molar-refractivity contribution >= 4 is 39.5 Å². The van der Waals surface area contributed by atoms with Gasteiger partial charge in [0.2, 0.25) is 4.80 Å². The number of aromatic nitrogens is 2. The Morgan fingerprint density at radius 2 is 1.50 bits per heavy atom. The molecular formula is C22H20ClN3O2S2. The third-order valence-electron chi connectivity index (χ3n) is 4.31. The van der Waals surface area contributed by atoms with Crippen molar-refractivity contribution in [1.29, 1.82) is 0 Å². The monoisotopic (exact) mass is 457 g/mol. The molecule has 3 aromatic carbocycles. The third-order valence-corrected chi connectivity index (χ3v) is 6.93. The molecule has 4 aromatic rings. The summed E-state index contributed by atoms with van der Waals surface area (Å²) in [6.07, 6.45) is 0. The van der Waals surface area contributed by atoms with Gasteiger partial charge in [0, 0.05) is 5.56 Å². The second kappa shape index (κ2) is 9.38. The van der Waals surface area contributed by atoms with E-state index in [-0.39, 0.29) is 23.2 Å². The molecule has 0 N–H and O–H groups in total. The fraction of sp³-hybridized carbons (Fsp3) is 0.0909. The average Bonchev–Trinajstić information content (AvgIpc) is 3.11. The number of hydrogen-bond acceptors (Lipinski definition) is 5. The van der Waals surface area contributed by atoms with E-state index in [1.54, 1.807) is 34.3 Å². The molecule has 0 atom stereocenters. The van der Waals surface area contributed by atoms with Crippen LogP contribution in [0.3, 0.4) is 0 Å². The molecule has 0 radical (unpaired) electrons. The quantitative estimate of drug-likeness (QED) is 0.423. The Balaban J connectivity index is 0.00000256. The third kappa shape index (κ3) is 5.05. The van der Waals surface area contributed by atoms with Crippen molar-refractivity contribution in [1.82, 2.24) is 8.94 Å². The van der Waals surface area contributed by atoms with E-state index in [0.717, 1.165) is 16.8 Å². The van der Waals surface area contributed by atoms with Crippen LogP contribution in [-0.4, -0.2) is 17.4 Å². The van der Waals surface area contributed by atoms with Gasteiger partial charge in [-0.2, -0.15) is 4.98 Å². The first-order valence-corrected chi connectivity index (χ1v) is 11.5. The molecule has 0 aliphatic carbocycles. The van der Waals surface area contributed by atoms with Gasteiger partial charge in [0.15, 0.2) is 15.7 Å². The first-order chi connectivity index (χ1) is 14.0. The first kappa shape index (κ1) is 22.0. The summed E-state index contributed by atoms with van der Waals surface area (Å²) in [6.45, 7) is 2.01. The van der Waals surface area contributed by atoms with Crippen LogP contribution >= 0.6 is 23.9 Å².